The fraction of sp³-hybridized carbons (Fsp3) is 0.500. The van der Waals surface area contributed by atoms with E-state index in [9.17, 15) is 9.18 Å². The largest absolute Gasteiger partial charge is 0.336 e. The topological polar surface area (TPSA) is 46.3 Å². The number of rotatable bonds is 3. The standard InChI is InChI=1S/C14H18BrFN2O.ClH/c15-13-9-10(16)4-5-12(13)14(19)18-8-2-1-3-11(18)6-7-17;/h4-5,9,11H,1-3,6-8,17H2;1H. The van der Waals surface area contributed by atoms with Crippen molar-refractivity contribution in [3.63, 3.8) is 0 Å². The van der Waals surface area contributed by atoms with E-state index in [-0.39, 0.29) is 30.2 Å². The summed E-state index contributed by atoms with van der Waals surface area (Å²) in [5, 5.41) is 0. The second-order valence-corrected chi connectivity index (χ2v) is 5.70. The first-order chi connectivity index (χ1) is 9.13. The Balaban J connectivity index is 0.00000200. The van der Waals surface area contributed by atoms with E-state index < -0.39 is 0 Å². The van der Waals surface area contributed by atoms with Gasteiger partial charge in [-0.3, -0.25) is 4.79 Å². The Bertz CT molecular complexity index is 470. The first-order valence-corrected chi connectivity index (χ1v) is 7.39. The average Bonchev–Trinajstić information content (AvgIpc) is 2.39. The second kappa shape index (κ2) is 7.96. The highest BCUT2D eigenvalue weighted by atomic mass is 79.9. The molecule has 3 nitrogen and oxygen atoms in total. The summed E-state index contributed by atoms with van der Waals surface area (Å²) in [5.74, 6) is -0.384. The Kier molecular flexibility index (Phi) is 6.92. The molecule has 1 fully saturated rings. The Hall–Kier alpha value is -0.650. The number of hydrogen-bond acceptors (Lipinski definition) is 2. The summed E-state index contributed by atoms with van der Waals surface area (Å²) in [4.78, 5) is 14.4. The molecule has 20 heavy (non-hydrogen) atoms. The molecule has 112 valence electrons. The van der Waals surface area contributed by atoms with E-state index in [1.165, 1.54) is 18.2 Å². The zero-order valence-corrected chi connectivity index (χ0v) is 13.6. The minimum atomic E-state index is -0.347. The molecule has 0 bridgehead atoms. The predicted molar refractivity (Wildman–Crippen MR) is 83.7 cm³/mol. The minimum absolute atomic E-state index is 0. The van der Waals surface area contributed by atoms with Crippen LogP contribution in [-0.2, 0) is 0 Å². The van der Waals surface area contributed by atoms with Gasteiger partial charge < -0.3 is 10.6 Å². The molecule has 0 spiro atoms. The summed E-state index contributed by atoms with van der Waals surface area (Å²) in [6.45, 7) is 1.34. The number of nitrogens with two attached hydrogens (primary N) is 1. The molecule has 2 rings (SSSR count). The van der Waals surface area contributed by atoms with E-state index in [4.69, 9.17) is 5.73 Å². The van der Waals surface area contributed by atoms with Crippen LogP contribution in [0.25, 0.3) is 0 Å². The number of piperidine rings is 1. The van der Waals surface area contributed by atoms with Gasteiger partial charge in [0, 0.05) is 17.1 Å². The van der Waals surface area contributed by atoms with Gasteiger partial charge in [0.05, 0.1) is 5.56 Å². The van der Waals surface area contributed by atoms with E-state index in [1.54, 1.807) is 0 Å². The van der Waals surface area contributed by atoms with E-state index in [0.717, 1.165) is 32.2 Å². The van der Waals surface area contributed by atoms with Crippen molar-refractivity contribution in [1.29, 1.82) is 0 Å². The van der Waals surface area contributed by atoms with Crippen molar-refractivity contribution in [2.24, 2.45) is 5.73 Å². The molecule has 1 heterocycles. The summed E-state index contributed by atoms with van der Waals surface area (Å²) >= 11 is 3.26. The lowest BCUT2D eigenvalue weighted by molar-refractivity contribution is 0.0604. The summed E-state index contributed by atoms with van der Waals surface area (Å²) < 4.78 is 13.6. The number of nitrogens with zero attached hydrogens (tertiary/aromatic N) is 1. The number of likely N-dealkylation sites (tertiary alicyclic amines) is 1. The Morgan fingerprint density at radius 2 is 2.20 bits per heavy atom. The molecule has 1 atom stereocenters. The van der Waals surface area contributed by atoms with Crippen LogP contribution in [0.15, 0.2) is 22.7 Å². The van der Waals surface area contributed by atoms with Gasteiger partial charge in [0.15, 0.2) is 0 Å². The number of benzene rings is 1. The molecule has 1 unspecified atom stereocenters. The maximum atomic E-state index is 13.1. The number of hydrogen-bond donors (Lipinski definition) is 1. The van der Waals surface area contributed by atoms with Crippen LogP contribution in [0.2, 0.25) is 0 Å². The van der Waals surface area contributed by atoms with Crippen molar-refractivity contribution in [3.05, 3.63) is 34.1 Å². The Morgan fingerprint density at radius 1 is 1.45 bits per heavy atom. The van der Waals surface area contributed by atoms with Gasteiger partial charge in [-0.2, -0.15) is 0 Å². The molecule has 1 saturated heterocycles. The molecule has 0 radical (unpaired) electrons. The molecular weight excluding hydrogens is 347 g/mol. The SMILES string of the molecule is Cl.NCCC1CCCCN1C(=O)c1ccc(F)cc1Br. The minimum Gasteiger partial charge on any atom is -0.336 e. The van der Waals surface area contributed by atoms with Gasteiger partial charge in [-0.1, -0.05) is 0 Å². The van der Waals surface area contributed by atoms with Gasteiger partial charge >= 0.3 is 0 Å². The molecule has 1 amide bonds. The second-order valence-electron chi connectivity index (χ2n) is 4.85. The average molecular weight is 366 g/mol. The van der Waals surface area contributed by atoms with Crippen molar-refractivity contribution < 1.29 is 9.18 Å². The lowest BCUT2D eigenvalue weighted by Gasteiger charge is -2.36. The first-order valence-electron chi connectivity index (χ1n) is 6.59. The maximum Gasteiger partial charge on any atom is 0.255 e. The van der Waals surface area contributed by atoms with Crippen molar-refractivity contribution >= 4 is 34.2 Å². The highest BCUT2D eigenvalue weighted by Crippen LogP contribution is 2.25. The van der Waals surface area contributed by atoms with Crippen LogP contribution in [0.3, 0.4) is 0 Å². The lowest BCUT2D eigenvalue weighted by Crippen LogP contribution is -2.44. The van der Waals surface area contributed by atoms with Crippen molar-refractivity contribution in [2.75, 3.05) is 13.1 Å². The predicted octanol–water partition coefficient (Wildman–Crippen LogP) is 3.35. The van der Waals surface area contributed by atoms with Crippen LogP contribution in [-0.4, -0.2) is 29.9 Å². The van der Waals surface area contributed by atoms with E-state index in [0.29, 0.717) is 16.6 Å². The number of carbonyl (C=O) groups is 1. The molecule has 6 heteroatoms. The van der Waals surface area contributed by atoms with E-state index in [1.807, 2.05) is 4.90 Å². The molecule has 1 aliphatic heterocycles. The van der Waals surface area contributed by atoms with Gasteiger partial charge in [-0.15, -0.1) is 12.4 Å². The normalized spacial score (nSPS) is 18.6. The molecule has 0 saturated carbocycles. The highest BCUT2D eigenvalue weighted by Gasteiger charge is 2.27. The third-order valence-electron chi connectivity index (χ3n) is 3.55. The van der Waals surface area contributed by atoms with Gasteiger partial charge in [-0.25, -0.2) is 4.39 Å². The van der Waals surface area contributed by atoms with Gasteiger partial charge in [0.25, 0.3) is 5.91 Å². The van der Waals surface area contributed by atoms with Gasteiger partial charge in [-0.05, 0) is 66.4 Å². The van der Waals surface area contributed by atoms with Crippen LogP contribution in [0.5, 0.6) is 0 Å². The van der Waals surface area contributed by atoms with E-state index in [2.05, 4.69) is 15.9 Å². The smallest absolute Gasteiger partial charge is 0.255 e. The number of carbonyl (C=O) groups excluding carboxylic acids is 1. The third kappa shape index (κ3) is 3.93. The number of amides is 1. The fourth-order valence-corrected chi connectivity index (χ4v) is 3.10. The third-order valence-corrected chi connectivity index (χ3v) is 4.21. The fourth-order valence-electron chi connectivity index (χ4n) is 2.58. The summed E-state index contributed by atoms with van der Waals surface area (Å²) in [6, 6.07) is 4.40. The maximum absolute atomic E-state index is 13.1. The molecular formula is C14H19BrClFN2O. The molecule has 0 aromatic heterocycles. The van der Waals surface area contributed by atoms with Crippen LogP contribution in [0.1, 0.15) is 36.0 Å². The van der Waals surface area contributed by atoms with Crippen molar-refractivity contribution in [1.82, 2.24) is 4.90 Å². The zero-order chi connectivity index (χ0) is 13.8. The van der Waals surface area contributed by atoms with E-state index >= 15 is 0 Å². The van der Waals surface area contributed by atoms with Crippen LogP contribution in [0, 0.1) is 5.82 Å². The van der Waals surface area contributed by atoms with Crippen molar-refractivity contribution in [3.8, 4) is 0 Å². The number of halogens is 3. The van der Waals surface area contributed by atoms with Crippen LogP contribution >= 0.6 is 28.3 Å². The van der Waals surface area contributed by atoms with Crippen molar-refractivity contribution in [2.45, 2.75) is 31.7 Å². The quantitative estimate of drug-likeness (QED) is 0.893. The lowest BCUT2D eigenvalue weighted by atomic mass is 9.98. The first kappa shape index (κ1) is 17.4. The highest BCUT2D eigenvalue weighted by molar-refractivity contribution is 9.10. The van der Waals surface area contributed by atoms with Gasteiger partial charge in [0.1, 0.15) is 5.82 Å². The Morgan fingerprint density at radius 3 is 2.85 bits per heavy atom. The molecule has 1 aromatic carbocycles. The zero-order valence-electron chi connectivity index (χ0n) is 11.1. The molecule has 1 aliphatic rings. The molecule has 1 aromatic rings. The Labute approximate surface area is 133 Å². The monoisotopic (exact) mass is 364 g/mol. The van der Waals surface area contributed by atoms with Gasteiger partial charge in [0.2, 0.25) is 0 Å². The summed E-state index contributed by atoms with van der Waals surface area (Å²) in [5.41, 5.74) is 6.13. The molecule has 2 N–H and O–H groups in total. The van der Waals surface area contributed by atoms with Crippen LogP contribution < -0.4 is 5.73 Å². The summed E-state index contributed by atoms with van der Waals surface area (Å²) in [7, 11) is 0. The summed E-state index contributed by atoms with van der Waals surface area (Å²) in [6.07, 6.45) is 3.98. The molecule has 0 aliphatic carbocycles. The van der Waals surface area contributed by atoms with Crippen LogP contribution in [0.4, 0.5) is 4.39 Å².